The van der Waals surface area contributed by atoms with E-state index in [1.165, 1.54) is 36.3 Å². The van der Waals surface area contributed by atoms with Crippen LogP contribution >= 0.6 is 0 Å². The first-order chi connectivity index (χ1) is 9.22. The first-order valence-corrected chi connectivity index (χ1v) is 7.73. The molecule has 4 rings (SSSR count). The number of pyridine rings is 1. The van der Waals surface area contributed by atoms with Crippen LogP contribution in [-0.4, -0.2) is 30.2 Å². The third-order valence-electron chi connectivity index (χ3n) is 4.88. The number of hydrogen-bond acceptors (Lipinski definition) is 3. The number of hydrogen-bond donors (Lipinski definition) is 1. The summed E-state index contributed by atoms with van der Waals surface area (Å²) in [6.45, 7) is 6.84. The quantitative estimate of drug-likeness (QED) is 0.902. The molecule has 1 aromatic rings. The highest BCUT2D eigenvalue weighted by Gasteiger charge is 2.38. The van der Waals surface area contributed by atoms with Gasteiger partial charge in [0.15, 0.2) is 0 Å². The van der Waals surface area contributed by atoms with E-state index >= 15 is 0 Å². The van der Waals surface area contributed by atoms with Crippen molar-refractivity contribution >= 4 is 5.82 Å². The summed E-state index contributed by atoms with van der Waals surface area (Å²) in [5.74, 6) is 2.56. The Morgan fingerprint density at radius 1 is 1.32 bits per heavy atom. The summed E-state index contributed by atoms with van der Waals surface area (Å²) in [6.07, 6.45) is 3.97. The first-order valence-electron chi connectivity index (χ1n) is 7.73. The van der Waals surface area contributed by atoms with Gasteiger partial charge in [0, 0.05) is 36.8 Å². The maximum atomic E-state index is 5.05. The Hall–Kier alpha value is -1.09. The molecule has 0 spiro atoms. The fourth-order valence-corrected chi connectivity index (χ4v) is 3.65. The lowest BCUT2D eigenvalue weighted by Gasteiger charge is -2.29. The average molecular weight is 257 g/mol. The molecule has 3 heterocycles. The zero-order valence-electron chi connectivity index (χ0n) is 11.9. The Balaban J connectivity index is 1.68. The summed E-state index contributed by atoms with van der Waals surface area (Å²) in [6, 6.07) is 5.96. The highest BCUT2D eigenvalue weighted by Crippen LogP contribution is 2.43. The molecule has 2 saturated heterocycles. The second-order valence-electron chi connectivity index (χ2n) is 6.72. The fourth-order valence-electron chi connectivity index (χ4n) is 3.65. The molecule has 1 aliphatic carbocycles. The summed E-state index contributed by atoms with van der Waals surface area (Å²) in [7, 11) is 0. The van der Waals surface area contributed by atoms with Crippen LogP contribution in [0.5, 0.6) is 0 Å². The molecule has 2 bridgehead atoms. The first kappa shape index (κ1) is 11.7. The molecule has 1 N–H and O–H groups in total. The third-order valence-corrected chi connectivity index (χ3v) is 4.88. The van der Waals surface area contributed by atoms with Crippen molar-refractivity contribution in [3.63, 3.8) is 0 Å². The molecular weight excluding hydrogens is 234 g/mol. The van der Waals surface area contributed by atoms with Crippen LogP contribution in [0.15, 0.2) is 12.1 Å². The van der Waals surface area contributed by atoms with Crippen LogP contribution in [0.25, 0.3) is 0 Å². The molecule has 3 heteroatoms. The van der Waals surface area contributed by atoms with Gasteiger partial charge >= 0.3 is 0 Å². The summed E-state index contributed by atoms with van der Waals surface area (Å²) in [5.41, 5.74) is 2.86. The van der Waals surface area contributed by atoms with Gasteiger partial charge in [-0.1, -0.05) is 19.9 Å². The van der Waals surface area contributed by atoms with E-state index in [0.717, 1.165) is 19.0 Å². The van der Waals surface area contributed by atoms with E-state index in [9.17, 15) is 0 Å². The van der Waals surface area contributed by atoms with Crippen LogP contribution in [0.4, 0.5) is 5.82 Å². The van der Waals surface area contributed by atoms with Gasteiger partial charge in [0.1, 0.15) is 5.82 Å². The van der Waals surface area contributed by atoms with E-state index < -0.39 is 0 Å². The Morgan fingerprint density at radius 2 is 2.16 bits per heavy atom. The molecule has 0 aromatic carbocycles. The maximum Gasteiger partial charge on any atom is 0.129 e. The number of nitrogens with one attached hydrogen (secondary N) is 1. The normalized spacial score (nSPS) is 29.5. The van der Waals surface area contributed by atoms with Gasteiger partial charge in [-0.15, -0.1) is 0 Å². The molecule has 3 nitrogen and oxygen atoms in total. The molecule has 19 heavy (non-hydrogen) atoms. The van der Waals surface area contributed by atoms with Crippen LogP contribution in [-0.2, 0) is 0 Å². The van der Waals surface area contributed by atoms with Crippen molar-refractivity contribution < 1.29 is 0 Å². The monoisotopic (exact) mass is 257 g/mol. The van der Waals surface area contributed by atoms with E-state index in [-0.39, 0.29) is 0 Å². The van der Waals surface area contributed by atoms with E-state index in [2.05, 4.69) is 36.2 Å². The summed E-state index contributed by atoms with van der Waals surface area (Å²) >= 11 is 0. The van der Waals surface area contributed by atoms with Gasteiger partial charge in [-0.3, -0.25) is 0 Å². The molecule has 102 valence electrons. The molecular formula is C16H23N3. The number of anilines is 1. The second-order valence-corrected chi connectivity index (χ2v) is 6.72. The Labute approximate surface area is 115 Å². The smallest absolute Gasteiger partial charge is 0.129 e. The molecule has 0 amide bonds. The van der Waals surface area contributed by atoms with E-state index in [0.29, 0.717) is 18.0 Å². The molecule has 2 aliphatic heterocycles. The van der Waals surface area contributed by atoms with Gasteiger partial charge in [-0.25, -0.2) is 4.98 Å². The number of nitrogens with zero attached hydrogens (tertiary/aromatic N) is 2. The standard InChI is InChI=1S/C16H23N3/c1-10(2)14-5-6-15(18-16(14)11-3-4-11)19-9-12-7-13(19)8-17-12/h5-6,10-13,17H,3-4,7-9H2,1-2H3/t12-,13-/m0/s1. The van der Waals surface area contributed by atoms with Crippen LogP contribution in [0.3, 0.4) is 0 Å². The van der Waals surface area contributed by atoms with Crippen molar-refractivity contribution in [2.24, 2.45) is 0 Å². The van der Waals surface area contributed by atoms with Crippen LogP contribution in [0, 0.1) is 0 Å². The summed E-state index contributed by atoms with van der Waals surface area (Å²) in [4.78, 5) is 7.58. The SMILES string of the molecule is CC(C)c1ccc(N2C[C@@H]3C[C@H]2CN3)nc1C1CC1. The van der Waals surface area contributed by atoms with Gasteiger partial charge in [0.05, 0.1) is 0 Å². The van der Waals surface area contributed by atoms with Crippen molar-refractivity contribution in [3.8, 4) is 0 Å². The van der Waals surface area contributed by atoms with Crippen molar-refractivity contribution in [2.75, 3.05) is 18.0 Å². The average Bonchev–Trinajstić information content (AvgIpc) is 3.05. The van der Waals surface area contributed by atoms with E-state index in [4.69, 9.17) is 4.98 Å². The summed E-state index contributed by atoms with van der Waals surface area (Å²) in [5, 5.41) is 3.57. The zero-order chi connectivity index (χ0) is 13.0. The van der Waals surface area contributed by atoms with Gasteiger partial charge < -0.3 is 10.2 Å². The maximum absolute atomic E-state index is 5.05. The fraction of sp³-hybridized carbons (Fsp3) is 0.688. The topological polar surface area (TPSA) is 28.2 Å². The highest BCUT2D eigenvalue weighted by atomic mass is 15.3. The predicted molar refractivity (Wildman–Crippen MR) is 77.8 cm³/mol. The molecule has 1 saturated carbocycles. The number of fused-ring (bicyclic) bond motifs is 2. The van der Waals surface area contributed by atoms with Gasteiger partial charge in [-0.2, -0.15) is 0 Å². The molecule has 0 unspecified atom stereocenters. The van der Waals surface area contributed by atoms with Gasteiger partial charge in [-0.05, 0) is 36.8 Å². The third kappa shape index (κ3) is 1.95. The highest BCUT2D eigenvalue weighted by molar-refractivity contribution is 5.47. The molecule has 3 fully saturated rings. The number of aromatic nitrogens is 1. The van der Waals surface area contributed by atoms with Crippen LogP contribution < -0.4 is 10.2 Å². The van der Waals surface area contributed by atoms with Gasteiger partial charge in [0.25, 0.3) is 0 Å². The molecule has 1 aromatic heterocycles. The van der Waals surface area contributed by atoms with E-state index in [1.807, 2.05) is 0 Å². The second kappa shape index (κ2) is 4.20. The molecule has 3 aliphatic rings. The van der Waals surface area contributed by atoms with Crippen molar-refractivity contribution in [2.45, 2.75) is 57.0 Å². The minimum absolute atomic E-state index is 0.592. The summed E-state index contributed by atoms with van der Waals surface area (Å²) < 4.78 is 0. The van der Waals surface area contributed by atoms with Crippen LogP contribution in [0.2, 0.25) is 0 Å². The lowest BCUT2D eigenvalue weighted by molar-refractivity contribution is 0.575. The van der Waals surface area contributed by atoms with Crippen molar-refractivity contribution in [1.82, 2.24) is 10.3 Å². The number of rotatable bonds is 3. The zero-order valence-corrected chi connectivity index (χ0v) is 11.9. The van der Waals surface area contributed by atoms with Crippen molar-refractivity contribution in [3.05, 3.63) is 23.4 Å². The van der Waals surface area contributed by atoms with Crippen LogP contribution in [0.1, 0.15) is 56.2 Å². The van der Waals surface area contributed by atoms with E-state index in [1.54, 1.807) is 0 Å². The molecule has 0 radical (unpaired) electrons. The molecule has 2 atom stereocenters. The minimum Gasteiger partial charge on any atom is -0.351 e. The van der Waals surface area contributed by atoms with Gasteiger partial charge in [0.2, 0.25) is 0 Å². The largest absolute Gasteiger partial charge is 0.351 e. The Kier molecular flexibility index (Phi) is 2.59. The predicted octanol–water partition coefficient (Wildman–Crippen LogP) is 2.63. The van der Waals surface area contributed by atoms with Crippen molar-refractivity contribution in [1.29, 1.82) is 0 Å². The number of piperazine rings is 1. The lowest BCUT2D eigenvalue weighted by atomic mass is 9.99. The Morgan fingerprint density at radius 3 is 2.74 bits per heavy atom. The minimum atomic E-state index is 0.592. The Bertz CT molecular complexity index is 493. The lowest BCUT2D eigenvalue weighted by Crippen LogP contribution is -2.44.